The van der Waals surface area contributed by atoms with Crippen LogP contribution in [0, 0.1) is 11.5 Å². The van der Waals surface area contributed by atoms with Crippen molar-refractivity contribution in [3.8, 4) is 11.5 Å². The number of benzene rings is 1. The van der Waals surface area contributed by atoms with E-state index in [-0.39, 0.29) is 0 Å². The topological polar surface area (TPSA) is 38.3 Å². The average molecular weight is 261 g/mol. The second-order valence-electron chi connectivity index (χ2n) is 4.89. The van der Waals surface area contributed by atoms with Gasteiger partial charge < -0.3 is 4.74 Å². The maximum atomic E-state index is 11.4. The molecular formula is C14H19NO2Si. The third-order valence-electron chi connectivity index (χ3n) is 2.01. The maximum absolute atomic E-state index is 11.4. The molecule has 0 aliphatic carbocycles. The standard InChI is InChI=1S/C14H19NO2Si/c1-5-17-14(16)15-13-9-7-6-8-12(13)10-11-18(2,3)4/h6-9H,5H2,1-4H3,(H,15,16). The number of amides is 1. The van der Waals surface area contributed by atoms with Crippen LogP contribution >= 0.6 is 0 Å². The first kappa shape index (κ1) is 14.3. The van der Waals surface area contributed by atoms with Crippen molar-refractivity contribution in [2.75, 3.05) is 11.9 Å². The second kappa shape index (κ2) is 6.27. The Balaban J connectivity index is 2.92. The van der Waals surface area contributed by atoms with Gasteiger partial charge in [-0.25, -0.2) is 4.79 Å². The van der Waals surface area contributed by atoms with Gasteiger partial charge in [-0.3, -0.25) is 5.32 Å². The summed E-state index contributed by atoms with van der Waals surface area (Å²) in [6.07, 6.45) is -0.445. The Hall–Kier alpha value is -1.73. The lowest BCUT2D eigenvalue weighted by atomic mass is 10.2. The molecule has 1 aromatic carbocycles. The lowest BCUT2D eigenvalue weighted by Gasteiger charge is -2.08. The fraction of sp³-hybridized carbons (Fsp3) is 0.357. The predicted octanol–water partition coefficient (Wildman–Crippen LogP) is 3.48. The van der Waals surface area contributed by atoms with Crippen LogP contribution in [0.5, 0.6) is 0 Å². The fourth-order valence-corrected chi connectivity index (χ4v) is 1.74. The van der Waals surface area contributed by atoms with Crippen molar-refractivity contribution in [3.05, 3.63) is 29.8 Å². The Morgan fingerprint density at radius 1 is 1.33 bits per heavy atom. The van der Waals surface area contributed by atoms with Gasteiger partial charge in [-0.2, -0.15) is 0 Å². The summed E-state index contributed by atoms with van der Waals surface area (Å²) in [6.45, 7) is 8.68. The minimum Gasteiger partial charge on any atom is -0.450 e. The molecule has 0 bridgehead atoms. The summed E-state index contributed by atoms with van der Waals surface area (Å²) in [6, 6.07) is 7.49. The number of hydrogen-bond donors (Lipinski definition) is 1. The zero-order chi connectivity index (χ0) is 13.6. The predicted molar refractivity (Wildman–Crippen MR) is 77.3 cm³/mol. The molecule has 1 aromatic rings. The molecular weight excluding hydrogens is 242 g/mol. The minimum absolute atomic E-state index is 0.356. The number of carbonyl (C=O) groups excluding carboxylic acids is 1. The molecule has 0 atom stereocenters. The molecule has 0 radical (unpaired) electrons. The number of ether oxygens (including phenoxy) is 1. The van der Waals surface area contributed by atoms with E-state index in [1.165, 1.54) is 0 Å². The van der Waals surface area contributed by atoms with Gasteiger partial charge in [0.1, 0.15) is 8.07 Å². The van der Waals surface area contributed by atoms with E-state index >= 15 is 0 Å². The summed E-state index contributed by atoms with van der Waals surface area (Å²) >= 11 is 0. The third-order valence-corrected chi connectivity index (χ3v) is 2.89. The van der Waals surface area contributed by atoms with Crippen LogP contribution in [-0.4, -0.2) is 20.8 Å². The molecule has 0 spiro atoms. The SMILES string of the molecule is CCOC(=O)Nc1ccccc1C#C[Si](C)(C)C. The molecule has 0 unspecified atom stereocenters. The van der Waals surface area contributed by atoms with Crippen LogP contribution in [0.4, 0.5) is 10.5 Å². The summed E-state index contributed by atoms with van der Waals surface area (Å²) in [5.74, 6) is 3.14. The highest BCUT2D eigenvalue weighted by molar-refractivity contribution is 6.83. The van der Waals surface area contributed by atoms with E-state index in [4.69, 9.17) is 4.74 Å². The third kappa shape index (κ3) is 5.06. The number of nitrogens with one attached hydrogen (secondary N) is 1. The molecule has 0 aliphatic rings. The summed E-state index contributed by atoms with van der Waals surface area (Å²) < 4.78 is 4.86. The molecule has 4 heteroatoms. The molecule has 3 nitrogen and oxygen atoms in total. The van der Waals surface area contributed by atoms with Crippen LogP contribution < -0.4 is 5.32 Å². The molecule has 0 heterocycles. The number of carbonyl (C=O) groups is 1. The van der Waals surface area contributed by atoms with Gasteiger partial charge in [0, 0.05) is 5.56 Å². The molecule has 0 fully saturated rings. The van der Waals surface area contributed by atoms with E-state index in [9.17, 15) is 4.79 Å². The molecule has 0 aliphatic heterocycles. The van der Waals surface area contributed by atoms with E-state index in [1.807, 2.05) is 24.3 Å². The van der Waals surface area contributed by atoms with E-state index in [1.54, 1.807) is 6.92 Å². The van der Waals surface area contributed by atoms with Crippen molar-refractivity contribution in [1.82, 2.24) is 0 Å². The highest BCUT2D eigenvalue weighted by Gasteiger charge is 2.09. The van der Waals surface area contributed by atoms with Crippen LogP contribution in [0.1, 0.15) is 12.5 Å². The number of anilines is 1. The first-order chi connectivity index (χ1) is 8.42. The molecule has 18 heavy (non-hydrogen) atoms. The number of rotatable bonds is 2. The monoisotopic (exact) mass is 261 g/mol. The summed E-state index contributed by atoms with van der Waals surface area (Å²) in [5.41, 5.74) is 4.80. The lowest BCUT2D eigenvalue weighted by Crippen LogP contribution is -2.17. The van der Waals surface area contributed by atoms with E-state index in [2.05, 4.69) is 36.4 Å². The molecule has 1 amide bonds. The highest BCUT2D eigenvalue weighted by Crippen LogP contribution is 2.14. The smallest absolute Gasteiger partial charge is 0.411 e. The van der Waals surface area contributed by atoms with Crippen molar-refractivity contribution in [2.45, 2.75) is 26.6 Å². The van der Waals surface area contributed by atoms with Gasteiger partial charge in [0.05, 0.1) is 12.3 Å². The molecule has 1 rings (SSSR count). The van der Waals surface area contributed by atoms with Gasteiger partial charge in [0.15, 0.2) is 0 Å². The van der Waals surface area contributed by atoms with Crippen molar-refractivity contribution < 1.29 is 9.53 Å². The average Bonchev–Trinajstić information content (AvgIpc) is 2.27. The highest BCUT2D eigenvalue weighted by atomic mass is 28.3. The van der Waals surface area contributed by atoms with Crippen molar-refractivity contribution in [3.63, 3.8) is 0 Å². The van der Waals surface area contributed by atoms with Crippen molar-refractivity contribution in [2.24, 2.45) is 0 Å². The second-order valence-corrected chi connectivity index (χ2v) is 9.64. The first-order valence-electron chi connectivity index (χ1n) is 5.98. The lowest BCUT2D eigenvalue weighted by molar-refractivity contribution is 0.168. The van der Waals surface area contributed by atoms with Crippen LogP contribution in [0.3, 0.4) is 0 Å². The van der Waals surface area contributed by atoms with E-state index < -0.39 is 14.2 Å². The normalized spacial score (nSPS) is 10.2. The van der Waals surface area contributed by atoms with Crippen LogP contribution in [0.2, 0.25) is 19.6 Å². The van der Waals surface area contributed by atoms with Gasteiger partial charge in [-0.05, 0) is 19.1 Å². The molecule has 0 saturated carbocycles. The molecule has 0 aromatic heterocycles. The summed E-state index contributed by atoms with van der Waals surface area (Å²) in [5, 5.41) is 2.70. The van der Waals surface area contributed by atoms with Gasteiger partial charge >= 0.3 is 6.09 Å². The van der Waals surface area contributed by atoms with Crippen molar-refractivity contribution in [1.29, 1.82) is 0 Å². The minimum atomic E-state index is -1.42. The van der Waals surface area contributed by atoms with Crippen LogP contribution in [-0.2, 0) is 4.74 Å². The van der Waals surface area contributed by atoms with Gasteiger partial charge in [-0.1, -0.05) is 37.7 Å². The molecule has 1 N–H and O–H groups in total. The summed E-state index contributed by atoms with van der Waals surface area (Å²) in [7, 11) is -1.42. The number of hydrogen-bond acceptors (Lipinski definition) is 2. The molecule has 96 valence electrons. The maximum Gasteiger partial charge on any atom is 0.411 e. The Kier molecular flexibility index (Phi) is 4.99. The Morgan fingerprint density at radius 3 is 2.61 bits per heavy atom. The summed E-state index contributed by atoms with van der Waals surface area (Å²) in [4.78, 5) is 11.4. The van der Waals surface area contributed by atoms with E-state index in [0.29, 0.717) is 12.3 Å². The largest absolute Gasteiger partial charge is 0.450 e. The zero-order valence-electron chi connectivity index (χ0n) is 11.3. The van der Waals surface area contributed by atoms with Gasteiger partial charge in [0.2, 0.25) is 0 Å². The first-order valence-corrected chi connectivity index (χ1v) is 9.48. The van der Waals surface area contributed by atoms with Crippen LogP contribution in [0.25, 0.3) is 0 Å². The molecule has 0 saturated heterocycles. The number of para-hydroxylation sites is 1. The van der Waals surface area contributed by atoms with Gasteiger partial charge in [-0.15, -0.1) is 5.54 Å². The Labute approximate surface area is 110 Å². The fourth-order valence-electron chi connectivity index (χ4n) is 1.23. The van der Waals surface area contributed by atoms with Crippen molar-refractivity contribution >= 4 is 19.9 Å². The van der Waals surface area contributed by atoms with Gasteiger partial charge in [0.25, 0.3) is 0 Å². The Morgan fingerprint density at radius 2 is 2.00 bits per heavy atom. The van der Waals surface area contributed by atoms with E-state index in [0.717, 1.165) is 5.56 Å². The quantitative estimate of drug-likeness (QED) is 0.654. The van der Waals surface area contributed by atoms with Crippen LogP contribution in [0.15, 0.2) is 24.3 Å². The Bertz CT molecular complexity index is 481. The zero-order valence-corrected chi connectivity index (χ0v) is 12.3.